The fourth-order valence-corrected chi connectivity index (χ4v) is 4.16. The number of ether oxygens (including phenoxy) is 2. The van der Waals surface area contributed by atoms with Crippen LogP contribution in [0.15, 0.2) is 18.2 Å². The van der Waals surface area contributed by atoms with Crippen molar-refractivity contribution in [1.82, 2.24) is 14.7 Å². The van der Waals surface area contributed by atoms with Gasteiger partial charge < -0.3 is 19.7 Å². The van der Waals surface area contributed by atoms with E-state index in [1.165, 1.54) is 6.42 Å². The van der Waals surface area contributed by atoms with Crippen LogP contribution in [0.4, 0.5) is 5.69 Å². The maximum absolute atomic E-state index is 12.6. The number of likely N-dealkylation sites (tertiary alicyclic amines) is 1. The molecule has 166 valence electrons. The summed E-state index contributed by atoms with van der Waals surface area (Å²) >= 11 is 0. The summed E-state index contributed by atoms with van der Waals surface area (Å²) in [6, 6.07) is 5.67. The zero-order chi connectivity index (χ0) is 21.5. The van der Waals surface area contributed by atoms with Crippen molar-refractivity contribution in [2.45, 2.75) is 32.2 Å². The number of methoxy groups -OCH3 is 2. The van der Waals surface area contributed by atoms with Crippen molar-refractivity contribution in [3.05, 3.63) is 18.2 Å². The summed E-state index contributed by atoms with van der Waals surface area (Å²) in [5, 5.41) is 2.91. The van der Waals surface area contributed by atoms with E-state index in [4.69, 9.17) is 9.47 Å². The Hall–Kier alpha value is -2.32. The zero-order valence-corrected chi connectivity index (χ0v) is 18.4. The van der Waals surface area contributed by atoms with Gasteiger partial charge >= 0.3 is 0 Å². The summed E-state index contributed by atoms with van der Waals surface area (Å²) in [6.45, 7) is 6.94. The van der Waals surface area contributed by atoms with Gasteiger partial charge in [-0.1, -0.05) is 0 Å². The van der Waals surface area contributed by atoms with Crippen LogP contribution in [0, 0.1) is 0 Å². The molecule has 1 N–H and O–H groups in total. The molecule has 3 rings (SSSR count). The second kappa shape index (κ2) is 10.6. The van der Waals surface area contributed by atoms with E-state index in [1.54, 1.807) is 32.4 Å². The van der Waals surface area contributed by atoms with E-state index in [2.05, 4.69) is 22.0 Å². The largest absolute Gasteiger partial charge is 0.497 e. The summed E-state index contributed by atoms with van der Waals surface area (Å²) in [4.78, 5) is 31.5. The number of piperazine rings is 1. The van der Waals surface area contributed by atoms with Gasteiger partial charge in [0.25, 0.3) is 0 Å². The van der Waals surface area contributed by atoms with Gasteiger partial charge in [-0.25, -0.2) is 0 Å². The van der Waals surface area contributed by atoms with Crippen molar-refractivity contribution in [3.8, 4) is 11.5 Å². The van der Waals surface area contributed by atoms with E-state index in [0.29, 0.717) is 36.3 Å². The van der Waals surface area contributed by atoms with E-state index in [0.717, 1.165) is 45.6 Å². The topological polar surface area (TPSA) is 74.4 Å². The number of hydrogen-bond donors (Lipinski definition) is 1. The first-order valence-corrected chi connectivity index (χ1v) is 10.8. The van der Waals surface area contributed by atoms with Gasteiger partial charge in [-0.3, -0.25) is 19.4 Å². The zero-order valence-electron chi connectivity index (χ0n) is 18.4. The van der Waals surface area contributed by atoms with Crippen LogP contribution in [0.25, 0.3) is 0 Å². The summed E-state index contributed by atoms with van der Waals surface area (Å²) in [6.07, 6.45) is 3.43. The summed E-state index contributed by atoms with van der Waals surface area (Å²) in [5.41, 5.74) is 0.599. The molecule has 0 aromatic heterocycles. The molecule has 0 unspecified atom stereocenters. The molecular weight excluding hydrogens is 384 g/mol. The van der Waals surface area contributed by atoms with E-state index in [1.807, 2.05) is 4.90 Å². The van der Waals surface area contributed by atoms with Crippen LogP contribution in [0.2, 0.25) is 0 Å². The van der Waals surface area contributed by atoms with Crippen molar-refractivity contribution in [3.63, 3.8) is 0 Å². The number of benzene rings is 1. The number of hydrogen-bond acceptors (Lipinski definition) is 6. The molecule has 30 heavy (non-hydrogen) atoms. The lowest BCUT2D eigenvalue weighted by atomic mass is 10.0. The molecule has 8 heteroatoms. The average Bonchev–Trinajstić information content (AvgIpc) is 2.75. The molecule has 2 saturated heterocycles. The van der Waals surface area contributed by atoms with Gasteiger partial charge in [-0.15, -0.1) is 0 Å². The van der Waals surface area contributed by atoms with Gasteiger partial charge in [-0.2, -0.15) is 0 Å². The lowest BCUT2D eigenvalue weighted by Gasteiger charge is -2.37. The summed E-state index contributed by atoms with van der Waals surface area (Å²) in [7, 11) is 3.16. The average molecular weight is 419 g/mol. The second-order valence-electron chi connectivity index (χ2n) is 8.10. The Labute approximate surface area is 179 Å². The Kier molecular flexibility index (Phi) is 7.93. The number of amides is 2. The molecule has 0 aliphatic carbocycles. The highest BCUT2D eigenvalue weighted by Gasteiger charge is 2.26. The normalized spacial score (nSPS) is 20.6. The first kappa shape index (κ1) is 22.4. The number of nitrogens with zero attached hydrogens (tertiary/aromatic N) is 3. The fraction of sp³-hybridized carbons (Fsp3) is 0.636. The van der Waals surface area contributed by atoms with Crippen molar-refractivity contribution < 1.29 is 19.1 Å². The van der Waals surface area contributed by atoms with Gasteiger partial charge in [0.05, 0.1) is 33.0 Å². The molecule has 2 aliphatic heterocycles. The molecule has 2 amide bonds. The predicted molar refractivity (Wildman–Crippen MR) is 116 cm³/mol. The maximum atomic E-state index is 12.6. The van der Waals surface area contributed by atoms with Crippen LogP contribution >= 0.6 is 0 Å². The Morgan fingerprint density at radius 2 is 1.70 bits per heavy atom. The molecule has 0 spiro atoms. The fourth-order valence-electron chi connectivity index (χ4n) is 4.16. The smallest absolute Gasteiger partial charge is 0.238 e. The van der Waals surface area contributed by atoms with Gasteiger partial charge in [-0.05, 0) is 38.3 Å². The van der Waals surface area contributed by atoms with Crippen LogP contribution in [0.1, 0.15) is 26.2 Å². The number of rotatable bonds is 7. The molecule has 0 saturated carbocycles. The lowest BCUT2D eigenvalue weighted by Crippen LogP contribution is -2.53. The minimum Gasteiger partial charge on any atom is -0.497 e. The minimum absolute atomic E-state index is 0.0896. The van der Waals surface area contributed by atoms with E-state index in [-0.39, 0.29) is 11.8 Å². The van der Waals surface area contributed by atoms with Gasteiger partial charge in [0, 0.05) is 44.8 Å². The molecule has 2 aliphatic rings. The standard InChI is InChI=1S/C22H34N4O4/c1-17-6-4-5-9-26(17)22(28)16-25-12-10-24(11-13-25)15-21(27)23-19-14-18(29-2)7-8-20(19)30-3/h7-8,14,17H,4-6,9-13,15-16H2,1-3H3,(H,23,27)/t17-/m1/s1. The highest BCUT2D eigenvalue weighted by Crippen LogP contribution is 2.28. The van der Waals surface area contributed by atoms with Crippen molar-refractivity contribution in [2.75, 3.05) is 65.3 Å². The van der Waals surface area contributed by atoms with Crippen LogP contribution in [-0.4, -0.2) is 92.6 Å². The van der Waals surface area contributed by atoms with E-state index < -0.39 is 0 Å². The number of nitrogens with one attached hydrogen (secondary N) is 1. The molecule has 1 atom stereocenters. The van der Waals surface area contributed by atoms with Crippen LogP contribution in [0.3, 0.4) is 0 Å². The number of carbonyl (C=O) groups excluding carboxylic acids is 2. The van der Waals surface area contributed by atoms with Crippen LogP contribution < -0.4 is 14.8 Å². The predicted octanol–water partition coefficient (Wildman–Crippen LogP) is 1.66. The number of carbonyl (C=O) groups is 2. The quantitative estimate of drug-likeness (QED) is 0.726. The number of piperidine rings is 1. The Morgan fingerprint density at radius 1 is 1.00 bits per heavy atom. The Morgan fingerprint density at radius 3 is 2.33 bits per heavy atom. The Balaban J connectivity index is 1.44. The van der Waals surface area contributed by atoms with Crippen molar-refractivity contribution in [1.29, 1.82) is 0 Å². The molecule has 1 aromatic carbocycles. The highest BCUT2D eigenvalue weighted by atomic mass is 16.5. The maximum Gasteiger partial charge on any atom is 0.238 e. The van der Waals surface area contributed by atoms with Gasteiger partial charge in [0.1, 0.15) is 11.5 Å². The second-order valence-corrected chi connectivity index (χ2v) is 8.10. The van der Waals surface area contributed by atoms with Crippen molar-refractivity contribution in [2.24, 2.45) is 0 Å². The lowest BCUT2D eigenvalue weighted by molar-refractivity contribution is -0.136. The Bertz CT molecular complexity index is 734. The summed E-state index contributed by atoms with van der Waals surface area (Å²) in [5.74, 6) is 1.40. The first-order chi connectivity index (χ1) is 14.5. The molecule has 2 fully saturated rings. The third-order valence-electron chi connectivity index (χ3n) is 6.00. The molecule has 2 heterocycles. The minimum atomic E-state index is -0.0896. The highest BCUT2D eigenvalue weighted by molar-refractivity contribution is 5.94. The molecule has 1 aromatic rings. The van der Waals surface area contributed by atoms with Crippen LogP contribution in [-0.2, 0) is 9.59 Å². The van der Waals surface area contributed by atoms with Crippen molar-refractivity contribution >= 4 is 17.5 Å². The third kappa shape index (κ3) is 5.86. The van der Waals surface area contributed by atoms with Gasteiger partial charge in [0.15, 0.2) is 0 Å². The molecule has 8 nitrogen and oxygen atoms in total. The van der Waals surface area contributed by atoms with Gasteiger partial charge in [0.2, 0.25) is 11.8 Å². The monoisotopic (exact) mass is 418 g/mol. The van der Waals surface area contributed by atoms with E-state index in [9.17, 15) is 9.59 Å². The van der Waals surface area contributed by atoms with Crippen LogP contribution in [0.5, 0.6) is 11.5 Å². The molecule has 0 bridgehead atoms. The molecule has 0 radical (unpaired) electrons. The SMILES string of the molecule is COc1ccc(OC)c(NC(=O)CN2CCN(CC(=O)N3CCCC[C@H]3C)CC2)c1. The van der Waals surface area contributed by atoms with E-state index >= 15 is 0 Å². The third-order valence-corrected chi connectivity index (χ3v) is 6.00. The molecular formula is C22H34N4O4. The number of anilines is 1. The summed E-state index contributed by atoms with van der Waals surface area (Å²) < 4.78 is 10.5. The first-order valence-electron chi connectivity index (χ1n) is 10.8.